The maximum Gasteiger partial charge on any atom is 0.174 e. The topological polar surface area (TPSA) is 42.3 Å². The standard InChI is InChI=1S/C31H26N4OS/c1-22-10-5-6-15-28(22)36-25-18-16-24(17-19-25)35-30(29(33-31(35)37)26-13-7-8-20-32-26)27-14-9-21-34(27)23-11-3-2-4-12-23/h2-21,29-30H,1H3,(H,33,37)/t29-,30+/m1/s1. The first-order valence-corrected chi connectivity index (χ1v) is 12.7. The SMILES string of the molecule is Cc1ccccc1Oc1ccc(N2C(=S)N[C@H](c3ccccn3)[C@@H]2c2cccn2-c2ccccc2)cc1. The van der Waals surface area contributed by atoms with Gasteiger partial charge in [-0.1, -0.05) is 42.5 Å². The fraction of sp³-hybridized carbons (Fsp3) is 0.0968. The molecule has 3 heterocycles. The number of rotatable bonds is 6. The Kier molecular flexibility index (Phi) is 6.16. The number of thiocarbonyl (C=S) groups is 1. The van der Waals surface area contributed by atoms with Crippen LogP contribution in [0.15, 0.2) is 122 Å². The number of para-hydroxylation sites is 2. The van der Waals surface area contributed by atoms with Gasteiger partial charge in [0.15, 0.2) is 5.11 Å². The van der Waals surface area contributed by atoms with E-state index in [-0.39, 0.29) is 12.1 Å². The van der Waals surface area contributed by atoms with Crippen LogP contribution in [0.4, 0.5) is 5.69 Å². The van der Waals surface area contributed by atoms with Crippen molar-refractivity contribution >= 4 is 23.0 Å². The number of hydrogen-bond donors (Lipinski definition) is 1. The molecule has 6 heteroatoms. The lowest BCUT2D eigenvalue weighted by atomic mass is 10.0. The number of hydrogen-bond acceptors (Lipinski definition) is 3. The number of ether oxygens (including phenoxy) is 1. The quantitative estimate of drug-likeness (QED) is 0.250. The van der Waals surface area contributed by atoms with Crippen LogP contribution < -0.4 is 15.0 Å². The summed E-state index contributed by atoms with van der Waals surface area (Å²) in [4.78, 5) is 6.86. The van der Waals surface area contributed by atoms with Gasteiger partial charge in [0.25, 0.3) is 0 Å². The molecule has 37 heavy (non-hydrogen) atoms. The maximum absolute atomic E-state index is 6.14. The highest BCUT2D eigenvalue weighted by Crippen LogP contribution is 2.42. The zero-order valence-corrected chi connectivity index (χ0v) is 21.2. The van der Waals surface area contributed by atoms with Crippen molar-refractivity contribution < 1.29 is 4.74 Å². The Morgan fingerprint density at radius 1 is 0.784 bits per heavy atom. The summed E-state index contributed by atoms with van der Waals surface area (Å²) in [6.45, 7) is 2.04. The average molecular weight is 503 g/mol. The van der Waals surface area contributed by atoms with Crippen molar-refractivity contribution in [3.63, 3.8) is 0 Å². The van der Waals surface area contributed by atoms with Gasteiger partial charge in [0.05, 0.1) is 11.7 Å². The van der Waals surface area contributed by atoms with Crippen molar-refractivity contribution in [3.05, 3.63) is 139 Å². The van der Waals surface area contributed by atoms with Crippen molar-refractivity contribution in [2.75, 3.05) is 4.90 Å². The molecule has 5 nitrogen and oxygen atoms in total. The summed E-state index contributed by atoms with van der Waals surface area (Å²) in [5, 5.41) is 4.21. The number of benzene rings is 3. The molecule has 0 amide bonds. The van der Waals surface area contributed by atoms with Gasteiger partial charge in [-0.25, -0.2) is 0 Å². The van der Waals surface area contributed by atoms with Gasteiger partial charge >= 0.3 is 0 Å². The third-order valence-corrected chi connectivity index (χ3v) is 6.97. The molecular weight excluding hydrogens is 476 g/mol. The molecule has 1 N–H and O–H groups in total. The fourth-order valence-corrected chi connectivity index (χ4v) is 5.21. The van der Waals surface area contributed by atoms with Crippen LogP contribution in [-0.2, 0) is 0 Å². The van der Waals surface area contributed by atoms with E-state index in [2.05, 4.69) is 74.5 Å². The summed E-state index contributed by atoms with van der Waals surface area (Å²) in [7, 11) is 0. The number of nitrogens with one attached hydrogen (secondary N) is 1. The van der Waals surface area contributed by atoms with Gasteiger partial charge in [0.2, 0.25) is 0 Å². The molecule has 1 aliphatic rings. The zero-order valence-electron chi connectivity index (χ0n) is 20.4. The van der Waals surface area contributed by atoms with Crippen LogP contribution in [-0.4, -0.2) is 14.7 Å². The molecule has 2 atom stereocenters. The minimum absolute atomic E-state index is 0.110. The average Bonchev–Trinajstić information content (AvgIpc) is 3.56. The number of anilines is 1. The van der Waals surface area contributed by atoms with E-state index in [0.717, 1.165) is 39.8 Å². The maximum atomic E-state index is 6.14. The van der Waals surface area contributed by atoms with E-state index in [0.29, 0.717) is 5.11 Å². The molecule has 0 saturated carbocycles. The van der Waals surface area contributed by atoms with Gasteiger partial charge < -0.3 is 19.5 Å². The lowest BCUT2D eigenvalue weighted by molar-refractivity contribution is 0.479. The van der Waals surface area contributed by atoms with Crippen LogP contribution in [0.2, 0.25) is 0 Å². The van der Waals surface area contributed by atoms with Crippen LogP contribution in [0, 0.1) is 6.92 Å². The predicted octanol–water partition coefficient (Wildman–Crippen LogP) is 7.15. The predicted molar refractivity (Wildman–Crippen MR) is 151 cm³/mol. The monoisotopic (exact) mass is 502 g/mol. The van der Waals surface area contributed by atoms with Crippen LogP contribution >= 0.6 is 12.2 Å². The van der Waals surface area contributed by atoms with Crippen molar-refractivity contribution in [2.45, 2.75) is 19.0 Å². The van der Waals surface area contributed by atoms with Gasteiger partial charge in [-0.3, -0.25) is 4.98 Å². The Hall–Kier alpha value is -4.42. The fourth-order valence-electron chi connectivity index (χ4n) is 4.86. The molecule has 1 aliphatic heterocycles. The summed E-state index contributed by atoms with van der Waals surface area (Å²) < 4.78 is 8.36. The van der Waals surface area contributed by atoms with Crippen molar-refractivity contribution in [3.8, 4) is 17.2 Å². The minimum Gasteiger partial charge on any atom is -0.457 e. The molecule has 3 aromatic carbocycles. The third kappa shape index (κ3) is 4.47. The van der Waals surface area contributed by atoms with Crippen molar-refractivity contribution in [1.82, 2.24) is 14.9 Å². The summed E-state index contributed by atoms with van der Waals surface area (Å²) in [5.74, 6) is 1.63. The number of aromatic nitrogens is 2. The molecule has 6 rings (SSSR count). The van der Waals surface area contributed by atoms with Crippen molar-refractivity contribution in [2.24, 2.45) is 0 Å². The summed E-state index contributed by atoms with van der Waals surface area (Å²) in [6, 6.07) is 36.5. The van der Waals surface area contributed by atoms with E-state index < -0.39 is 0 Å². The molecule has 1 fully saturated rings. The lowest BCUT2D eigenvalue weighted by Gasteiger charge is -2.29. The molecule has 0 radical (unpaired) electrons. The Morgan fingerprint density at radius 2 is 1.54 bits per heavy atom. The number of aryl methyl sites for hydroxylation is 1. The minimum atomic E-state index is -0.117. The zero-order chi connectivity index (χ0) is 25.2. The van der Waals surface area contributed by atoms with E-state index in [1.165, 1.54) is 0 Å². The Bertz CT molecular complexity index is 1520. The van der Waals surface area contributed by atoms with Gasteiger partial charge in [-0.05, 0) is 91.4 Å². The molecule has 2 aromatic heterocycles. The Morgan fingerprint density at radius 3 is 2.30 bits per heavy atom. The number of pyridine rings is 1. The van der Waals surface area contributed by atoms with Gasteiger partial charge in [-0.2, -0.15) is 0 Å². The molecule has 0 unspecified atom stereocenters. The van der Waals surface area contributed by atoms with Gasteiger partial charge in [-0.15, -0.1) is 0 Å². The Balaban J connectivity index is 1.39. The highest BCUT2D eigenvalue weighted by Gasteiger charge is 2.42. The van der Waals surface area contributed by atoms with E-state index in [1.54, 1.807) is 0 Å². The van der Waals surface area contributed by atoms with E-state index in [9.17, 15) is 0 Å². The highest BCUT2D eigenvalue weighted by atomic mass is 32.1. The van der Waals surface area contributed by atoms with Crippen molar-refractivity contribution in [1.29, 1.82) is 0 Å². The smallest absolute Gasteiger partial charge is 0.174 e. The van der Waals surface area contributed by atoms with E-state index in [1.807, 2.05) is 73.8 Å². The first kappa shape index (κ1) is 23.0. The van der Waals surface area contributed by atoms with E-state index in [4.69, 9.17) is 17.0 Å². The Labute approximate surface area is 222 Å². The summed E-state index contributed by atoms with van der Waals surface area (Å²) in [5.41, 5.74) is 5.24. The highest BCUT2D eigenvalue weighted by molar-refractivity contribution is 7.80. The first-order chi connectivity index (χ1) is 18.2. The largest absolute Gasteiger partial charge is 0.457 e. The lowest BCUT2D eigenvalue weighted by Crippen LogP contribution is -2.30. The molecule has 1 saturated heterocycles. The van der Waals surface area contributed by atoms with Crippen LogP contribution in [0.25, 0.3) is 5.69 Å². The first-order valence-electron chi connectivity index (χ1n) is 12.3. The van der Waals surface area contributed by atoms with Crippen LogP contribution in [0.5, 0.6) is 11.5 Å². The van der Waals surface area contributed by atoms with Crippen LogP contribution in [0.3, 0.4) is 0 Å². The molecular formula is C31H26N4OS. The second kappa shape index (κ2) is 9.91. The van der Waals surface area contributed by atoms with Crippen LogP contribution in [0.1, 0.15) is 29.0 Å². The van der Waals surface area contributed by atoms with Gasteiger partial charge in [0.1, 0.15) is 17.5 Å². The normalized spacial score (nSPS) is 17.0. The third-order valence-electron chi connectivity index (χ3n) is 6.65. The summed E-state index contributed by atoms with van der Waals surface area (Å²) in [6.07, 6.45) is 3.92. The second-order valence-electron chi connectivity index (χ2n) is 9.00. The molecule has 0 spiro atoms. The van der Waals surface area contributed by atoms with Gasteiger partial charge in [0, 0.05) is 29.5 Å². The molecule has 0 bridgehead atoms. The van der Waals surface area contributed by atoms with E-state index >= 15 is 0 Å². The summed E-state index contributed by atoms with van der Waals surface area (Å²) >= 11 is 5.91. The number of nitrogens with zero attached hydrogens (tertiary/aromatic N) is 3. The molecule has 5 aromatic rings. The molecule has 0 aliphatic carbocycles. The second-order valence-corrected chi connectivity index (χ2v) is 9.38. The molecule has 182 valence electrons.